The van der Waals surface area contributed by atoms with Crippen molar-refractivity contribution < 1.29 is 4.74 Å². The summed E-state index contributed by atoms with van der Waals surface area (Å²) in [5.41, 5.74) is 3.14. The van der Waals surface area contributed by atoms with Crippen molar-refractivity contribution in [3.8, 4) is 0 Å². The summed E-state index contributed by atoms with van der Waals surface area (Å²) >= 11 is 0. The Labute approximate surface area is 120 Å². The molecule has 0 amide bonds. The minimum Gasteiger partial charge on any atom is -0.380 e. The summed E-state index contributed by atoms with van der Waals surface area (Å²) in [6.07, 6.45) is 1.91. The van der Waals surface area contributed by atoms with E-state index in [0.717, 1.165) is 43.0 Å². The third-order valence-electron chi connectivity index (χ3n) is 3.12. The van der Waals surface area contributed by atoms with E-state index in [9.17, 15) is 0 Å². The molecule has 0 bridgehead atoms. The van der Waals surface area contributed by atoms with Gasteiger partial charge in [-0.15, -0.1) is 0 Å². The number of pyridine rings is 1. The molecule has 0 aliphatic carbocycles. The van der Waals surface area contributed by atoms with Crippen LogP contribution in [0.3, 0.4) is 0 Å². The second-order valence-electron chi connectivity index (χ2n) is 5.57. The fourth-order valence-corrected chi connectivity index (χ4v) is 2.14. The molecule has 2 rings (SSSR count). The summed E-state index contributed by atoms with van der Waals surface area (Å²) in [5.74, 6) is 0.593. The Morgan fingerprint density at radius 2 is 2.20 bits per heavy atom. The highest BCUT2D eigenvalue weighted by atomic mass is 16.5. The van der Waals surface area contributed by atoms with Gasteiger partial charge in [-0.25, -0.2) is 4.98 Å². The molecule has 0 fully saturated rings. The van der Waals surface area contributed by atoms with Gasteiger partial charge in [0.2, 0.25) is 0 Å². The Balaban J connectivity index is 1.83. The third kappa shape index (κ3) is 3.77. The van der Waals surface area contributed by atoms with E-state index in [4.69, 9.17) is 4.74 Å². The lowest BCUT2D eigenvalue weighted by molar-refractivity contribution is 0.111. The molecule has 0 aliphatic rings. The smallest absolute Gasteiger partial charge is 0.157 e. The van der Waals surface area contributed by atoms with Crippen LogP contribution in [0.4, 0.5) is 0 Å². The Morgan fingerprint density at radius 3 is 2.95 bits per heavy atom. The van der Waals surface area contributed by atoms with Crippen LogP contribution < -0.4 is 5.32 Å². The average Bonchev–Trinajstić information content (AvgIpc) is 2.69. The van der Waals surface area contributed by atoms with Crippen molar-refractivity contribution in [2.75, 3.05) is 19.8 Å². The largest absolute Gasteiger partial charge is 0.380 e. The highest BCUT2D eigenvalue weighted by Gasteiger charge is 2.06. The number of aromatic nitrogens is 3. The Kier molecular flexibility index (Phi) is 5.09. The molecule has 0 radical (unpaired) electrons. The van der Waals surface area contributed by atoms with E-state index in [1.807, 2.05) is 24.9 Å². The van der Waals surface area contributed by atoms with E-state index in [-0.39, 0.29) is 0 Å². The lowest BCUT2D eigenvalue weighted by Gasteiger charge is -2.08. The van der Waals surface area contributed by atoms with Crippen LogP contribution in [0.25, 0.3) is 11.0 Å². The zero-order valence-corrected chi connectivity index (χ0v) is 12.8. The van der Waals surface area contributed by atoms with Crippen molar-refractivity contribution in [1.29, 1.82) is 0 Å². The second kappa shape index (κ2) is 6.81. The van der Waals surface area contributed by atoms with Crippen molar-refractivity contribution >= 4 is 11.0 Å². The average molecular weight is 276 g/mol. The molecule has 110 valence electrons. The normalized spacial score (nSPS) is 11.7. The molecule has 2 aromatic rings. The van der Waals surface area contributed by atoms with Gasteiger partial charge in [-0.3, -0.25) is 4.68 Å². The quantitative estimate of drug-likeness (QED) is 0.786. The number of nitrogens with zero attached hydrogens (tertiary/aromatic N) is 3. The molecule has 0 unspecified atom stereocenters. The molecule has 2 aromatic heterocycles. The first kappa shape index (κ1) is 14.9. The lowest BCUT2D eigenvalue weighted by Crippen LogP contribution is -2.20. The maximum absolute atomic E-state index is 5.53. The first-order valence-electron chi connectivity index (χ1n) is 7.14. The highest BCUT2D eigenvalue weighted by Crippen LogP contribution is 2.16. The van der Waals surface area contributed by atoms with E-state index in [0.29, 0.717) is 5.92 Å². The maximum atomic E-state index is 5.53. The van der Waals surface area contributed by atoms with Crippen LogP contribution in [0, 0.1) is 12.8 Å². The van der Waals surface area contributed by atoms with Gasteiger partial charge in [0.1, 0.15) is 0 Å². The molecule has 0 saturated carbocycles. The number of aryl methyl sites for hydroxylation is 2. The molecule has 0 aromatic carbocycles. The zero-order valence-electron chi connectivity index (χ0n) is 12.8. The molecule has 2 heterocycles. The number of ether oxygens (including phenoxy) is 1. The van der Waals surface area contributed by atoms with Gasteiger partial charge in [-0.05, 0) is 24.5 Å². The Bertz CT molecular complexity index is 562. The number of nitrogens with one attached hydrogen (secondary N) is 1. The molecule has 0 atom stereocenters. The monoisotopic (exact) mass is 276 g/mol. The van der Waals surface area contributed by atoms with Gasteiger partial charge >= 0.3 is 0 Å². The summed E-state index contributed by atoms with van der Waals surface area (Å²) in [7, 11) is 1.92. The Morgan fingerprint density at radius 1 is 1.40 bits per heavy atom. The predicted octanol–water partition coefficient (Wildman–Crippen LogP) is 2.04. The molecule has 5 nitrogen and oxygen atoms in total. The van der Waals surface area contributed by atoms with Crippen LogP contribution in [-0.2, 0) is 18.3 Å². The van der Waals surface area contributed by atoms with Gasteiger partial charge in [0.15, 0.2) is 5.65 Å². The first-order valence-corrected chi connectivity index (χ1v) is 7.14. The van der Waals surface area contributed by atoms with Crippen molar-refractivity contribution in [3.05, 3.63) is 23.5 Å². The van der Waals surface area contributed by atoms with Crippen LogP contribution >= 0.6 is 0 Å². The van der Waals surface area contributed by atoms with Crippen LogP contribution in [0.2, 0.25) is 0 Å². The van der Waals surface area contributed by atoms with Crippen molar-refractivity contribution in [2.45, 2.75) is 27.3 Å². The fourth-order valence-electron chi connectivity index (χ4n) is 2.14. The van der Waals surface area contributed by atoms with E-state index in [1.54, 1.807) is 0 Å². The Hall–Kier alpha value is -1.46. The molecular formula is C15H24N4O. The van der Waals surface area contributed by atoms with E-state index >= 15 is 0 Å². The van der Waals surface area contributed by atoms with Crippen molar-refractivity contribution in [1.82, 2.24) is 20.1 Å². The van der Waals surface area contributed by atoms with Crippen LogP contribution in [0.5, 0.6) is 0 Å². The predicted molar refractivity (Wildman–Crippen MR) is 80.6 cm³/mol. The van der Waals surface area contributed by atoms with E-state index in [2.05, 4.69) is 35.3 Å². The van der Waals surface area contributed by atoms with Crippen LogP contribution in [0.1, 0.15) is 25.1 Å². The van der Waals surface area contributed by atoms with Gasteiger partial charge in [-0.1, -0.05) is 13.8 Å². The molecule has 0 aliphatic heterocycles. The fraction of sp³-hybridized carbons (Fsp3) is 0.600. The van der Waals surface area contributed by atoms with Gasteiger partial charge in [0.25, 0.3) is 0 Å². The molecule has 0 spiro atoms. The van der Waals surface area contributed by atoms with Crippen molar-refractivity contribution in [3.63, 3.8) is 0 Å². The molecule has 5 heteroatoms. The number of hydrogen-bond donors (Lipinski definition) is 1. The van der Waals surface area contributed by atoms with Gasteiger partial charge in [-0.2, -0.15) is 5.10 Å². The standard InChI is InChI=1S/C15H24N4O/c1-11(2)10-20-6-5-16-8-13-7-14-12(3)18-19(4)15(14)17-9-13/h7,9,11,16H,5-6,8,10H2,1-4H3. The number of fused-ring (bicyclic) bond motifs is 1. The molecule has 20 heavy (non-hydrogen) atoms. The summed E-state index contributed by atoms with van der Waals surface area (Å²) in [4.78, 5) is 4.47. The molecule has 0 saturated heterocycles. The maximum Gasteiger partial charge on any atom is 0.157 e. The minimum atomic E-state index is 0.593. The zero-order chi connectivity index (χ0) is 14.5. The number of hydrogen-bond acceptors (Lipinski definition) is 4. The molecule has 1 N–H and O–H groups in total. The summed E-state index contributed by atoms with van der Waals surface area (Å²) in [6, 6.07) is 2.16. The van der Waals surface area contributed by atoms with Gasteiger partial charge < -0.3 is 10.1 Å². The third-order valence-corrected chi connectivity index (χ3v) is 3.12. The van der Waals surface area contributed by atoms with Crippen LogP contribution in [-0.4, -0.2) is 34.5 Å². The van der Waals surface area contributed by atoms with Crippen molar-refractivity contribution in [2.24, 2.45) is 13.0 Å². The first-order chi connectivity index (χ1) is 9.58. The number of rotatable bonds is 7. The summed E-state index contributed by atoms with van der Waals surface area (Å²) in [5, 5.41) is 8.88. The topological polar surface area (TPSA) is 52.0 Å². The minimum absolute atomic E-state index is 0.593. The lowest BCUT2D eigenvalue weighted by atomic mass is 10.2. The SMILES string of the molecule is Cc1nn(C)c2ncc(CNCCOCC(C)C)cc12. The summed E-state index contributed by atoms with van der Waals surface area (Å²) < 4.78 is 7.36. The van der Waals surface area contributed by atoms with E-state index < -0.39 is 0 Å². The van der Waals surface area contributed by atoms with Crippen LogP contribution in [0.15, 0.2) is 12.3 Å². The van der Waals surface area contributed by atoms with Gasteiger partial charge in [0.05, 0.1) is 12.3 Å². The highest BCUT2D eigenvalue weighted by molar-refractivity contribution is 5.78. The second-order valence-corrected chi connectivity index (χ2v) is 5.57. The molecular weight excluding hydrogens is 252 g/mol. The van der Waals surface area contributed by atoms with E-state index in [1.165, 1.54) is 5.56 Å². The van der Waals surface area contributed by atoms with Gasteiger partial charge in [0, 0.05) is 38.3 Å². The summed E-state index contributed by atoms with van der Waals surface area (Å²) in [6.45, 7) is 9.57.